The number of β-amino-alcohol motifs (C(OH)–C–C–N with tert-alkyl or cyclic N) is 1. The first-order valence-corrected chi connectivity index (χ1v) is 6.20. The topological polar surface area (TPSA) is 61.4 Å². The van der Waals surface area contributed by atoms with Crippen LogP contribution in [0.5, 0.6) is 0 Å². The summed E-state index contributed by atoms with van der Waals surface area (Å²) in [6.07, 6.45) is 1.48. The predicted molar refractivity (Wildman–Crippen MR) is 66.9 cm³/mol. The minimum atomic E-state index is -0.418. The average molecular weight is 249 g/mol. The molecule has 2 rings (SSSR count). The third-order valence-corrected chi connectivity index (χ3v) is 3.43. The van der Waals surface area contributed by atoms with Crippen LogP contribution in [0, 0.1) is 11.3 Å². The Balaban J connectivity index is 2.03. The highest BCUT2D eigenvalue weighted by molar-refractivity contribution is 5.28. The smallest absolute Gasteiger partial charge is 0.120 e. The molecule has 2 heterocycles. The van der Waals surface area contributed by atoms with Crippen LogP contribution in [0.1, 0.15) is 18.2 Å². The molecule has 1 N–H and O–H groups in total. The Labute approximate surface area is 107 Å². The molecule has 1 fully saturated rings. The van der Waals surface area contributed by atoms with Crippen LogP contribution >= 0.6 is 0 Å². The number of aliphatic hydroxyl groups excluding tert-OH is 1. The number of aryl methyl sites for hydroxylation is 1. The van der Waals surface area contributed by atoms with Gasteiger partial charge in [0.15, 0.2) is 0 Å². The summed E-state index contributed by atoms with van der Waals surface area (Å²) in [6, 6.07) is 4.10. The Morgan fingerprint density at radius 3 is 2.83 bits per heavy atom. The van der Waals surface area contributed by atoms with E-state index in [4.69, 9.17) is 10.00 Å². The highest BCUT2D eigenvalue weighted by Gasteiger charge is 2.31. The van der Waals surface area contributed by atoms with Crippen LogP contribution in [-0.4, -0.2) is 47.0 Å². The number of hydrogen-bond donors (Lipinski definition) is 1. The van der Waals surface area contributed by atoms with Crippen LogP contribution in [-0.2, 0) is 17.8 Å². The number of hydrogen-bond acceptors (Lipinski definition) is 4. The van der Waals surface area contributed by atoms with Gasteiger partial charge in [-0.25, -0.2) is 0 Å². The van der Waals surface area contributed by atoms with Gasteiger partial charge in [0.1, 0.15) is 11.8 Å². The Morgan fingerprint density at radius 2 is 2.33 bits per heavy atom. The van der Waals surface area contributed by atoms with E-state index >= 15 is 0 Å². The van der Waals surface area contributed by atoms with Crippen molar-refractivity contribution in [2.24, 2.45) is 0 Å². The minimum Gasteiger partial charge on any atom is -0.389 e. The monoisotopic (exact) mass is 249 g/mol. The fourth-order valence-corrected chi connectivity index (χ4v) is 2.46. The van der Waals surface area contributed by atoms with Crippen LogP contribution < -0.4 is 0 Å². The zero-order valence-electron chi connectivity index (χ0n) is 10.8. The fraction of sp³-hybridized carbons (Fsp3) is 0.615. The lowest BCUT2D eigenvalue weighted by molar-refractivity contribution is 0.0215. The molecule has 98 valence electrons. The van der Waals surface area contributed by atoms with Crippen molar-refractivity contribution in [3.05, 3.63) is 23.5 Å². The first kappa shape index (κ1) is 13.1. The first-order chi connectivity index (χ1) is 8.67. The lowest BCUT2D eigenvalue weighted by atomic mass is 10.3. The maximum absolute atomic E-state index is 9.77. The molecular weight excluding hydrogens is 230 g/mol. The number of aromatic nitrogens is 1. The molecule has 0 aliphatic carbocycles. The Hall–Kier alpha value is -1.35. The largest absolute Gasteiger partial charge is 0.389 e. The molecule has 2 atom stereocenters. The van der Waals surface area contributed by atoms with E-state index in [2.05, 4.69) is 11.0 Å². The van der Waals surface area contributed by atoms with Gasteiger partial charge in [-0.2, -0.15) is 5.26 Å². The van der Waals surface area contributed by atoms with E-state index in [1.54, 1.807) is 7.11 Å². The second kappa shape index (κ2) is 5.53. The molecule has 0 aromatic carbocycles. The number of rotatable bonds is 4. The summed E-state index contributed by atoms with van der Waals surface area (Å²) in [5, 5.41) is 18.8. The van der Waals surface area contributed by atoms with Crippen molar-refractivity contribution in [2.75, 3.05) is 20.2 Å². The van der Waals surface area contributed by atoms with Gasteiger partial charge >= 0.3 is 0 Å². The maximum atomic E-state index is 9.77. The number of nitriles is 1. The van der Waals surface area contributed by atoms with Gasteiger partial charge in [0.2, 0.25) is 0 Å². The van der Waals surface area contributed by atoms with Crippen molar-refractivity contribution in [1.82, 2.24) is 9.47 Å². The molecule has 5 nitrogen and oxygen atoms in total. The molecule has 1 aromatic heterocycles. The number of likely N-dealkylation sites (tertiary alicyclic amines) is 1. The van der Waals surface area contributed by atoms with Gasteiger partial charge in [-0.3, -0.25) is 4.90 Å². The number of aliphatic hydroxyl groups is 1. The summed E-state index contributed by atoms with van der Waals surface area (Å²) in [7, 11) is 1.62. The number of methoxy groups -OCH3 is 1. The van der Waals surface area contributed by atoms with Crippen LogP contribution in [0.25, 0.3) is 0 Å². The van der Waals surface area contributed by atoms with E-state index in [9.17, 15) is 5.11 Å². The third-order valence-electron chi connectivity index (χ3n) is 3.43. The molecule has 0 spiro atoms. The fourth-order valence-electron chi connectivity index (χ4n) is 2.46. The summed E-state index contributed by atoms with van der Waals surface area (Å²) >= 11 is 0. The second-order valence-corrected chi connectivity index (χ2v) is 4.67. The molecule has 1 aliphatic rings. The van der Waals surface area contributed by atoms with Gasteiger partial charge in [-0.15, -0.1) is 0 Å². The van der Waals surface area contributed by atoms with Crippen molar-refractivity contribution in [2.45, 2.75) is 32.2 Å². The molecule has 18 heavy (non-hydrogen) atoms. The van der Waals surface area contributed by atoms with Crippen molar-refractivity contribution in [3.63, 3.8) is 0 Å². The van der Waals surface area contributed by atoms with E-state index in [-0.39, 0.29) is 6.10 Å². The van der Waals surface area contributed by atoms with E-state index < -0.39 is 6.10 Å². The summed E-state index contributed by atoms with van der Waals surface area (Å²) in [6.45, 7) is 4.92. The standard InChI is InChI=1S/C13H19N3O2/c1-3-16-7-10(4-11(16)5-14)6-15-8-12(17)13(9-15)18-2/h4,7,12-13,17H,3,6,8-9H2,1-2H3/t12-,13-/m0/s1. The van der Waals surface area contributed by atoms with Crippen LogP contribution in [0.15, 0.2) is 12.3 Å². The zero-order valence-corrected chi connectivity index (χ0v) is 10.8. The molecule has 0 bridgehead atoms. The summed E-state index contributed by atoms with van der Waals surface area (Å²) in [5.74, 6) is 0. The predicted octanol–water partition coefficient (Wildman–Crippen LogP) is 0.571. The van der Waals surface area contributed by atoms with Gasteiger partial charge in [-0.1, -0.05) is 0 Å². The van der Waals surface area contributed by atoms with Gasteiger partial charge in [-0.05, 0) is 18.6 Å². The average Bonchev–Trinajstić information content (AvgIpc) is 2.92. The van der Waals surface area contributed by atoms with Crippen LogP contribution in [0.4, 0.5) is 0 Å². The Morgan fingerprint density at radius 1 is 1.56 bits per heavy atom. The van der Waals surface area contributed by atoms with Gasteiger partial charge < -0.3 is 14.4 Å². The highest BCUT2D eigenvalue weighted by Crippen LogP contribution is 2.17. The molecular formula is C13H19N3O2. The molecule has 5 heteroatoms. The third kappa shape index (κ3) is 2.56. The Bertz CT molecular complexity index is 450. The lowest BCUT2D eigenvalue weighted by Crippen LogP contribution is -2.25. The van der Waals surface area contributed by atoms with E-state index in [1.807, 2.05) is 23.8 Å². The summed E-state index contributed by atoms with van der Waals surface area (Å²) in [5.41, 5.74) is 1.80. The Kier molecular flexibility index (Phi) is 4.02. The van der Waals surface area contributed by atoms with Crippen molar-refractivity contribution in [1.29, 1.82) is 5.26 Å². The summed E-state index contributed by atoms with van der Waals surface area (Å²) < 4.78 is 7.15. The molecule has 0 radical (unpaired) electrons. The normalized spacial score (nSPS) is 24.3. The van der Waals surface area contributed by atoms with Gasteiger partial charge in [0.05, 0.1) is 12.2 Å². The molecule has 0 amide bonds. The van der Waals surface area contributed by atoms with Crippen molar-refractivity contribution < 1.29 is 9.84 Å². The van der Waals surface area contributed by atoms with E-state index in [0.717, 1.165) is 25.2 Å². The molecule has 1 aromatic rings. The number of ether oxygens (including phenoxy) is 1. The second-order valence-electron chi connectivity index (χ2n) is 4.67. The molecule has 0 saturated carbocycles. The van der Waals surface area contributed by atoms with Crippen molar-refractivity contribution in [3.8, 4) is 6.07 Å². The van der Waals surface area contributed by atoms with Crippen molar-refractivity contribution >= 4 is 0 Å². The maximum Gasteiger partial charge on any atom is 0.120 e. The molecule has 1 saturated heterocycles. The van der Waals surface area contributed by atoms with Crippen LogP contribution in [0.2, 0.25) is 0 Å². The van der Waals surface area contributed by atoms with E-state index in [1.165, 1.54) is 0 Å². The molecule has 0 unspecified atom stereocenters. The minimum absolute atomic E-state index is 0.103. The highest BCUT2D eigenvalue weighted by atomic mass is 16.5. The van der Waals surface area contributed by atoms with Gasteiger partial charge in [0.25, 0.3) is 0 Å². The first-order valence-electron chi connectivity index (χ1n) is 6.20. The number of nitrogens with zero attached hydrogens (tertiary/aromatic N) is 3. The van der Waals surface area contributed by atoms with Crippen LogP contribution in [0.3, 0.4) is 0 Å². The van der Waals surface area contributed by atoms with E-state index in [0.29, 0.717) is 12.2 Å². The zero-order chi connectivity index (χ0) is 13.1. The quantitative estimate of drug-likeness (QED) is 0.847. The summed E-state index contributed by atoms with van der Waals surface area (Å²) in [4.78, 5) is 2.15. The molecule has 1 aliphatic heterocycles. The lowest BCUT2D eigenvalue weighted by Gasteiger charge is -2.13. The van der Waals surface area contributed by atoms with Gasteiger partial charge in [0, 0.05) is 39.5 Å². The SMILES string of the molecule is CCn1cc(CN2C[C@H](OC)[C@@H](O)C2)cc1C#N.